The van der Waals surface area contributed by atoms with Crippen LogP contribution in [0.3, 0.4) is 0 Å². The van der Waals surface area contributed by atoms with Gasteiger partial charge in [0.15, 0.2) is 0 Å². The van der Waals surface area contributed by atoms with Gasteiger partial charge in [0, 0.05) is 36.7 Å². The topological polar surface area (TPSA) is 117 Å². The number of thioether (sulfide) groups is 1. The van der Waals surface area contributed by atoms with Crippen molar-refractivity contribution in [3.05, 3.63) is 35.9 Å². The maximum atomic E-state index is 12.9. The Hall–Kier alpha value is -2.79. The van der Waals surface area contributed by atoms with E-state index in [2.05, 4.69) is 13.2 Å². The van der Waals surface area contributed by atoms with Crippen LogP contribution in [0.4, 0.5) is 4.79 Å². The summed E-state index contributed by atoms with van der Waals surface area (Å²) >= 11 is 1.37. The van der Waals surface area contributed by atoms with Gasteiger partial charge in [-0.15, -0.1) is 11.8 Å². The Bertz CT molecular complexity index is 947. The smallest absolute Gasteiger partial charge is 0.410 e. The summed E-state index contributed by atoms with van der Waals surface area (Å²) in [6.07, 6.45) is 1.78. The van der Waals surface area contributed by atoms with Crippen LogP contribution in [0.2, 0.25) is 0 Å². The van der Waals surface area contributed by atoms with Gasteiger partial charge < -0.3 is 24.4 Å². The summed E-state index contributed by atoms with van der Waals surface area (Å²) < 4.78 is 10.5. The van der Waals surface area contributed by atoms with Gasteiger partial charge in [0.25, 0.3) is 0 Å². The molecule has 2 saturated heterocycles. The van der Waals surface area contributed by atoms with Crippen LogP contribution in [0.5, 0.6) is 0 Å². The van der Waals surface area contributed by atoms with Gasteiger partial charge in [-0.1, -0.05) is 32.2 Å². The third kappa shape index (κ3) is 4.97. The monoisotopic (exact) mass is 507 g/mol. The second-order valence-electron chi connectivity index (χ2n) is 9.10. The molecule has 3 rings (SSSR count). The fourth-order valence-corrected chi connectivity index (χ4v) is 6.40. The number of hydrogen-bond acceptors (Lipinski definition) is 8. The molecule has 0 radical (unpaired) electrons. The van der Waals surface area contributed by atoms with Crippen LogP contribution in [0, 0.1) is 11.8 Å². The molecule has 0 aliphatic carbocycles. The Morgan fingerprint density at radius 3 is 2.43 bits per heavy atom. The lowest BCUT2D eigenvalue weighted by molar-refractivity contribution is -0.164. The lowest BCUT2D eigenvalue weighted by atomic mass is 9.79. The maximum Gasteiger partial charge on any atom is 0.410 e. The third-order valence-electron chi connectivity index (χ3n) is 6.48. The van der Waals surface area contributed by atoms with Crippen molar-refractivity contribution in [1.82, 2.24) is 14.7 Å². The van der Waals surface area contributed by atoms with Crippen molar-refractivity contribution in [2.45, 2.75) is 43.7 Å². The van der Waals surface area contributed by atoms with E-state index in [1.165, 1.54) is 38.6 Å². The molecule has 11 heteroatoms. The van der Waals surface area contributed by atoms with Gasteiger partial charge >= 0.3 is 12.1 Å². The first-order valence-corrected chi connectivity index (χ1v) is 12.4. The average molecular weight is 508 g/mol. The lowest BCUT2D eigenvalue weighted by Crippen LogP contribution is -2.63. The Morgan fingerprint density at radius 1 is 1.23 bits per heavy atom. The van der Waals surface area contributed by atoms with E-state index in [-0.39, 0.29) is 54.5 Å². The molecule has 3 aliphatic heterocycles. The molecule has 6 atom stereocenters. The number of nitrogens with zero attached hydrogens (tertiary/aromatic N) is 3. The van der Waals surface area contributed by atoms with Gasteiger partial charge in [-0.05, 0) is 13.3 Å². The average Bonchev–Trinajstić information content (AvgIpc) is 3.33. The fraction of sp³-hybridized carbons (Fsp3) is 0.583. The highest BCUT2D eigenvalue weighted by molar-refractivity contribution is 8.03. The van der Waals surface area contributed by atoms with Gasteiger partial charge in [-0.2, -0.15) is 0 Å². The molecule has 0 aromatic rings. The van der Waals surface area contributed by atoms with E-state index < -0.39 is 30.1 Å². The zero-order valence-corrected chi connectivity index (χ0v) is 21.3. The number of carbonyl (C=O) groups excluding carboxylic acids is 4. The summed E-state index contributed by atoms with van der Waals surface area (Å²) in [6, 6.07) is -1.07. The molecule has 1 N–H and O–H groups in total. The summed E-state index contributed by atoms with van der Waals surface area (Å²) in [5.74, 6) is -2.02. The van der Waals surface area contributed by atoms with Gasteiger partial charge in [-0.3, -0.25) is 14.5 Å². The fourth-order valence-electron chi connectivity index (χ4n) is 4.88. The second-order valence-corrected chi connectivity index (χ2v) is 10.4. The molecule has 0 unspecified atom stereocenters. The van der Waals surface area contributed by atoms with Crippen molar-refractivity contribution >= 4 is 35.6 Å². The number of esters is 1. The number of amides is 3. The predicted octanol–water partition coefficient (Wildman–Crippen LogP) is 1.37. The summed E-state index contributed by atoms with van der Waals surface area (Å²) in [7, 11) is 3.25. The highest BCUT2D eigenvalue weighted by Gasteiger charge is 2.60. The standard InChI is InChI=1S/C24H33N3O7S/c1-7-9-33-23(31)19-20(13(3)18-17(14(4)28)22(30)27(18)19)35-15-11-16(21(29)25(5)6)26(12-15)24(32)34-10-8-2/h7-8,13-18,28H,1-2,9-12H2,3-6H3/t13-,14-,15+,16+,17-,18-/m1/s1. The minimum Gasteiger partial charge on any atom is -0.457 e. The zero-order valence-electron chi connectivity index (χ0n) is 20.5. The molecule has 35 heavy (non-hydrogen) atoms. The second kappa shape index (κ2) is 10.9. The molecule has 0 bridgehead atoms. The molecule has 3 heterocycles. The summed E-state index contributed by atoms with van der Waals surface area (Å²) in [6.45, 7) is 10.8. The van der Waals surface area contributed by atoms with Crippen LogP contribution >= 0.6 is 11.8 Å². The summed E-state index contributed by atoms with van der Waals surface area (Å²) in [5.41, 5.74) is 0.166. The number of carbonyl (C=O) groups is 4. The minimum atomic E-state index is -0.857. The number of aliphatic hydroxyl groups is 1. The van der Waals surface area contributed by atoms with Crippen molar-refractivity contribution < 1.29 is 33.8 Å². The normalized spacial score (nSPS) is 28.3. The molecule has 3 aliphatic rings. The van der Waals surface area contributed by atoms with E-state index in [4.69, 9.17) is 9.47 Å². The van der Waals surface area contributed by atoms with E-state index in [0.717, 1.165) is 0 Å². The number of likely N-dealkylation sites (tertiary alicyclic amines) is 1. The van der Waals surface area contributed by atoms with Gasteiger partial charge in [0.05, 0.1) is 18.1 Å². The van der Waals surface area contributed by atoms with Crippen molar-refractivity contribution in [2.24, 2.45) is 11.8 Å². The van der Waals surface area contributed by atoms with E-state index in [0.29, 0.717) is 11.3 Å². The number of rotatable bonds is 9. The Balaban J connectivity index is 1.89. The Labute approximate surface area is 209 Å². The molecule has 2 fully saturated rings. The van der Waals surface area contributed by atoms with Gasteiger partial charge in [0.2, 0.25) is 11.8 Å². The van der Waals surface area contributed by atoms with Crippen LogP contribution in [-0.2, 0) is 23.9 Å². The number of hydrogen-bond donors (Lipinski definition) is 1. The van der Waals surface area contributed by atoms with E-state index in [1.54, 1.807) is 21.0 Å². The summed E-state index contributed by atoms with van der Waals surface area (Å²) in [4.78, 5) is 56.2. The Kier molecular flexibility index (Phi) is 8.32. The molecule has 0 aromatic carbocycles. The van der Waals surface area contributed by atoms with Gasteiger partial charge in [0.1, 0.15) is 25.0 Å². The number of β-lactam (4-membered cyclic amide) rings is 1. The van der Waals surface area contributed by atoms with E-state index >= 15 is 0 Å². The van der Waals surface area contributed by atoms with Crippen molar-refractivity contribution in [3.63, 3.8) is 0 Å². The first-order valence-electron chi connectivity index (χ1n) is 11.5. The molecule has 10 nitrogen and oxygen atoms in total. The minimum absolute atomic E-state index is 0.00699. The molecular weight excluding hydrogens is 474 g/mol. The van der Waals surface area contributed by atoms with Crippen LogP contribution < -0.4 is 0 Å². The van der Waals surface area contributed by atoms with Crippen molar-refractivity contribution in [2.75, 3.05) is 33.9 Å². The van der Waals surface area contributed by atoms with Crippen LogP contribution in [0.25, 0.3) is 0 Å². The van der Waals surface area contributed by atoms with E-state index in [1.807, 2.05) is 6.92 Å². The van der Waals surface area contributed by atoms with Crippen molar-refractivity contribution in [1.29, 1.82) is 0 Å². The summed E-state index contributed by atoms with van der Waals surface area (Å²) in [5, 5.41) is 9.93. The van der Waals surface area contributed by atoms with Crippen LogP contribution in [0.15, 0.2) is 35.9 Å². The lowest BCUT2D eigenvalue weighted by Gasteiger charge is -2.46. The zero-order chi connectivity index (χ0) is 26.0. The molecular formula is C24H33N3O7S. The molecule has 0 aromatic heterocycles. The van der Waals surface area contributed by atoms with Crippen LogP contribution in [0.1, 0.15) is 20.3 Å². The highest BCUT2D eigenvalue weighted by atomic mass is 32.2. The Morgan fingerprint density at radius 2 is 1.86 bits per heavy atom. The van der Waals surface area contributed by atoms with Gasteiger partial charge in [-0.25, -0.2) is 9.59 Å². The van der Waals surface area contributed by atoms with Crippen LogP contribution in [-0.4, -0.2) is 101 Å². The third-order valence-corrected chi connectivity index (χ3v) is 7.97. The molecule has 0 spiro atoms. The first kappa shape index (κ1) is 26.8. The number of aliphatic hydroxyl groups excluding tert-OH is 1. The molecule has 3 amide bonds. The molecule has 192 valence electrons. The first-order chi connectivity index (χ1) is 16.5. The quantitative estimate of drug-likeness (QED) is 0.283. The van der Waals surface area contributed by atoms with Crippen molar-refractivity contribution in [3.8, 4) is 0 Å². The number of ether oxygens (including phenoxy) is 2. The molecule has 0 saturated carbocycles. The highest BCUT2D eigenvalue weighted by Crippen LogP contribution is 2.52. The SMILES string of the molecule is C=CCOC(=O)C1=C(S[C@H]2C[C@@H](C(=O)N(C)C)N(C(=O)OCC=C)C2)[C@H](C)[C@@H]2[C@@H]([C@@H](C)O)C(=O)N12. The largest absolute Gasteiger partial charge is 0.457 e. The predicted molar refractivity (Wildman–Crippen MR) is 130 cm³/mol. The van der Waals surface area contributed by atoms with E-state index in [9.17, 15) is 24.3 Å². The number of fused-ring (bicyclic) bond motifs is 1. The maximum absolute atomic E-state index is 12.9. The number of likely N-dealkylation sites (N-methyl/N-ethyl adjacent to an activating group) is 1.